The minimum absolute atomic E-state index is 0.0754. The minimum Gasteiger partial charge on any atom is -0.341 e. The zero-order valence-corrected chi connectivity index (χ0v) is 19.1. The van der Waals surface area contributed by atoms with Crippen LogP contribution in [-0.2, 0) is 11.3 Å². The van der Waals surface area contributed by atoms with E-state index in [0.717, 1.165) is 24.2 Å². The molecule has 1 aliphatic rings. The molecule has 0 saturated carbocycles. The fourth-order valence-electron chi connectivity index (χ4n) is 4.01. The Hall–Kier alpha value is -3.07. The average Bonchev–Trinajstić information content (AvgIpc) is 3.10. The van der Waals surface area contributed by atoms with Crippen LogP contribution >= 0.6 is 11.3 Å². The van der Waals surface area contributed by atoms with Crippen LogP contribution in [0.3, 0.4) is 0 Å². The number of carbonyl (C=O) groups is 2. The number of aryl methyl sites for hydroxylation is 2. The first-order valence-electron chi connectivity index (χ1n) is 10.6. The summed E-state index contributed by atoms with van der Waals surface area (Å²) in [6, 6.07) is 4.47. The lowest BCUT2D eigenvalue weighted by Gasteiger charge is -2.31. The highest BCUT2D eigenvalue weighted by Crippen LogP contribution is 2.28. The molecule has 0 aliphatic carbocycles. The van der Waals surface area contributed by atoms with E-state index in [1.807, 2.05) is 0 Å². The maximum absolute atomic E-state index is 13.8. The SMILES string of the molecule is Cc1ccc(NC(=O)c2sc3ncn(CC(=O)N4CCCC(C)C4)c(=O)c3c2C)cc1F. The lowest BCUT2D eigenvalue weighted by Crippen LogP contribution is -2.42. The van der Waals surface area contributed by atoms with Crippen molar-refractivity contribution in [1.82, 2.24) is 14.5 Å². The maximum atomic E-state index is 13.8. The molecule has 168 valence electrons. The van der Waals surface area contributed by atoms with Gasteiger partial charge in [0.1, 0.15) is 17.2 Å². The standard InChI is InChI=1S/C23H25FN4O3S/c1-13-5-4-8-27(10-13)18(29)11-28-12-25-22-19(23(28)31)15(3)20(32-22)21(30)26-16-7-6-14(2)17(24)9-16/h6-7,9,12-13H,4-5,8,10-11H2,1-3H3,(H,26,30). The van der Waals surface area contributed by atoms with Gasteiger partial charge in [0.05, 0.1) is 16.6 Å². The molecular formula is C23H25FN4O3S. The summed E-state index contributed by atoms with van der Waals surface area (Å²) < 4.78 is 15.1. The summed E-state index contributed by atoms with van der Waals surface area (Å²) in [4.78, 5) is 45.5. The van der Waals surface area contributed by atoms with Crippen molar-refractivity contribution in [3.63, 3.8) is 0 Å². The molecule has 1 unspecified atom stereocenters. The van der Waals surface area contributed by atoms with Gasteiger partial charge in [-0.2, -0.15) is 0 Å². The number of anilines is 1. The Kier molecular flexibility index (Phi) is 6.10. The number of nitrogens with one attached hydrogen (secondary N) is 1. The van der Waals surface area contributed by atoms with Gasteiger partial charge in [-0.05, 0) is 55.9 Å². The topological polar surface area (TPSA) is 84.3 Å². The Labute approximate surface area is 188 Å². The third-order valence-electron chi connectivity index (χ3n) is 5.87. The van der Waals surface area contributed by atoms with Crippen LogP contribution in [-0.4, -0.2) is 39.4 Å². The highest BCUT2D eigenvalue weighted by Gasteiger charge is 2.23. The molecule has 1 N–H and O–H groups in total. The zero-order chi connectivity index (χ0) is 23.0. The van der Waals surface area contributed by atoms with Gasteiger partial charge in [0.25, 0.3) is 11.5 Å². The summed E-state index contributed by atoms with van der Waals surface area (Å²) in [6.45, 7) is 6.77. The molecular weight excluding hydrogens is 431 g/mol. The van der Waals surface area contributed by atoms with E-state index in [0.29, 0.717) is 50.9 Å². The van der Waals surface area contributed by atoms with Gasteiger partial charge in [0.2, 0.25) is 5.91 Å². The van der Waals surface area contributed by atoms with Crippen molar-refractivity contribution in [2.24, 2.45) is 5.92 Å². The van der Waals surface area contributed by atoms with Crippen molar-refractivity contribution in [1.29, 1.82) is 0 Å². The molecule has 4 rings (SSSR count). The molecule has 1 atom stereocenters. The molecule has 1 aromatic carbocycles. The number of likely N-dealkylation sites (tertiary alicyclic amines) is 1. The van der Waals surface area contributed by atoms with Gasteiger partial charge in [-0.1, -0.05) is 13.0 Å². The van der Waals surface area contributed by atoms with Crippen LogP contribution in [0.2, 0.25) is 0 Å². The molecule has 0 radical (unpaired) electrons. The predicted octanol–water partition coefficient (Wildman–Crippen LogP) is 3.72. The number of amides is 2. The Morgan fingerprint density at radius 1 is 1.31 bits per heavy atom. The van der Waals surface area contributed by atoms with E-state index in [-0.39, 0.29) is 18.0 Å². The number of piperidine rings is 1. The molecule has 3 heterocycles. The van der Waals surface area contributed by atoms with Crippen LogP contribution in [0.4, 0.5) is 10.1 Å². The van der Waals surface area contributed by atoms with Crippen molar-refractivity contribution in [2.45, 2.75) is 40.2 Å². The van der Waals surface area contributed by atoms with Crippen LogP contribution in [0, 0.1) is 25.6 Å². The molecule has 2 amide bonds. The van der Waals surface area contributed by atoms with Crippen LogP contribution in [0.25, 0.3) is 10.2 Å². The monoisotopic (exact) mass is 456 g/mol. The van der Waals surface area contributed by atoms with E-state index in [2.05, 4.69) is 17.2 Å². The fourth-order valence-corrected chi connectivity index (χ4v) is 5.04. The van der Waals surface area contributed by atoms with Crippen molar-refractivity contribution in [3.8, 4) is 0 Å². The Balaban J connectivity index is 1.59. The van der Waals surface area contributed by atoms with E-state index >= 15 is 0 Å². The van der Waals surface area contributed by atoms with Gasteiger partial charge in [-0.25, -0.2) is 9.37 Å². The number of carbonyl (C=O) groups excluding carboxylic acids is 2. The van der Waals surface area contributed by atoms with Crippen molar-refractivity contribution < 1.29 is 14.0 Å². The first-order valence-corrected chi connectivity index (χ1v) is 11.4. The number of halogens is 1. The summed E-state index contributed by atoms with van der Waals surface area (Å²) in [5, 5.41) is 3.01. The average molecular weight is 457 g/mol. The molecule has 32 heavy (non-hydrogen) atoms. The molecule has 1 aliphatic heterocycles. The Bertz CT molecular complexity index is 1270. The highest BCUT2D eigenvalue weighted by molar-refractivity contribution is 7.20. The van der Waals surface area contributed by atoms with Crippen LogP contribution in [0.1, 0.15) is 40.6 Å². The zero-order valence-electron chi connectivity index (χ0n) is 18.3. The summed E-state index contributed by atoms with van der Waals surface area (Å²) >= 11 is 1.10. The van der Waals surface area contributed by atoms with Gasteiger partial charge in [0, 0.05) is 18.8 Å². The number of nitrogens with zero attached hydrogens (tertiary/aromatic N) is 3. The van der Waals surface area contributed by atoms with Gasteiger partial charge >= 0.3 is 0 Å². The molecule has 1 fully saturated rings. The van der Waals surface area contributed by atoms with Gasteiger partial charge in [0.15, 0.2) is 0 Å². The molecule has 3 aromatic rings. The summed E-state index contributed by atoms with van der Waals surface area (Å²) in [5.41, 5.74) is 0.976. The number of fused-ring (bicyclic) bond motifs is 1. The lowest BCUT2D eigenvalue weighted by atomic mass is 10.0. The minimum atomic E-state index is -0.432. The van der Waals surface area contributed by atoms with Crippen molar-refractivity contribution in [2.75, 3.05) is 18.4 Å². The third kappa shape index (κ3) is 4.29. The molecule has 1 saturated heterocycles. The second-order valence-electron chi connectivity index (χ2n) is 8.42. The second kappa shape index (κ2) is 8.82. The Morgan fingerprint density at radius 2 is 2.09 bits per heavy atom. The maximum Gasteiger partial charge on any atom is 0.266 e. The van der Waals surface area contributed by atoms with Crippen molar-refractivity contribution >= 4 is 39.1 Å². The smallest absolute Gasteiger partial charge is 0.266 e. The van der Waals surface area contributed by atoms with Gasteiger partial charge < -0.3 is 10.2 Å². The molecule has 9 heteroatoms. The van der Waals surface area contributed by atoms with E-state index in [9.17, 15) is 18.8 Å². The van der Waals surface area contributed by atoms with Gasteiger partial charge in [-0.3, -0.25) is 19.0 Å². The number of benzene rings is 1. The van der Waals surface area contributed by atoms with Crippen molar-refractivity contribution in [3.05, 3.63) is 56.7 Å². The number of aromatic nitrogens is 2. The lowest BCUT2D eigenvalue weighted by molar-refractivity contribution is -0.133. The van der Waals surface area contributed by atoms with Crippen LogP contribution < -0.4 is 10.9 Å². The number of thiophene rings is 1. The fraction of sp³-hybridized carbons (Fsp3) is 0.391. The normalized spacial score (nSPS) is 16.4. The largest absolute Gasteiger partial charge is 0.341 e. The van der Waals surface area contributed by atoms with Crippen LogP contribution in [0.15, 0.2) is 29.3 Å². The number of hydrogen-bond donors (Lipinski definition) is 1. The van der Waals surface area contributed by atoms with E-state index in [1.54, 1.807) is 30.9 Å². The molecule has 7 nitrogen and oxygen atoms in total. The molecule has 0 bridgehead atoms. The van der Waals surface area contributed by atoms with Gasteiger partial charge in [-0.15, -0.1) is 11.3 Å². The number of hydrogen-bond acceptors (Lipinski definition) is 5. The predicted molar refractivity (Wildman–Crippen MR) is 123 cm³/mol. The molecule has 0 spiro atoms. The quantitative estimate of drug-likeness (QED) is 0.649. The van der Waals surface area contributed by atoms with Crippen LogP contribution in [0.5, 0.6) is 0 Å². The first kappa shape index (κ1) is 22.1. The molecule has 2 aromatic heterocycles. The summed E-state index contributed by atoms with van der Waals surface area (Å²) in [5.74, 6) is -0.495. The number of rotatable bonds is 4. The Morgan fingerprint density at radius 3 is 2.81 bits per heavy atom. The summed E-state index contributed by atoms with van der Waals surface area (Å²) in [7, 11) is 0. The third-order valence-corrected chi connectivity index (χ3v) is 7.07. The van der Waals surface area contributed by atoms with E-state index in [1.165, 1.54) is 17.0 Å². The highest BCUT2D eigenvalue weighted by atomic mass is 32.1. The van der Waals surface area contributed by atoms with E-state index in [4.69, 9.17) is 0 Å². The summed E-state index contributed by atoms with van der Waals surface area (Å²) in [6.07, 6.45) is 3.43. The second-order valence-corrected chi connectivity index (χ2v) is 9.42. The first-order chi connectivity index (χ1) is 15.2. The van der Waals surface area contributed by atoms with E-state index < -0.39 is 11.7 Å².